The van der Waals surface area contributed by atoms with Crippen molar-refractivity contribution in [1.82, 2.24) is 0 Å². The quantitative estimate of drug-likeness (QED) is 0.375. The van der Waals surface area contributed by atoms with Crippen molar-refractivity contribution in [2.75, 3.05) is 6.61 Å². The minimum Gasteiger partial charge on any atom is -0.482 e. The lowest BCUT2D eigenvalue weighted by atomic mass is 9.77. The Hall–Kier alpha value is -2.18. The van der Waals surface area contributed by atoms with Gasteiger partial charge in [-0.25, -0.2) is 26.3 Å². The van der Waals surface area contributed by atoms with E-state index in [0.717, 1.165) is 32.1 Å². The molecule has 0 radical (unpaired) electrons. The fourth-order valence-corrected chi connectivity index (χ4v) is 4.37. The average molecular weight is 444 g/mol. The highest BCUT2D eigenvalue weighted by molar-refractivity contribution is 5.66. The van der Waals surface area contributed by atoms with Crippen LogP contribution in [-0.2, 0) is 0 Å². The maximum atomic E-state index is 14.8. The topological polar surface area (TPSA) is 9.23 Å². The van der Waals surface area contributed by atoms with Gasteiger partial charge in [0.2, 0.25) is 0 Å². The summed E-state index contributed by atoms with van der Waals surface area (Å²) in [5, 5.41) is 0. The second kappa shape index (κ2) is 10.4. The van der Waals surface area contributed by atoms with Crippen LogP contribution >= 0.6 is 0 Å². The molecule has 0 saturated heterocycles. The van der Waals surface area contributed by atoms with Gasteiger partial charge < -0.3 is 4.74 Å². The predicted molar refractivity (Wildman–Crippen MR) is 107 cm³/mol. The van der Waals surface area contributed by atoms with E-state index < -0.39 is 47.6 Å². The first-order valence-electron chi connectivity index (χ1n) is 10.7. The monoisotopic (exact) mass is 444 g/mol. The molecule has 1 aliphatic rings. The van der Waals surface area contributed by atoms with E-state index in [4.69, 9.17) is 0 Å². The van der Waals surface area contributed by atoms with E-state index in [1.807, 2.05) is 0 Å². The molecule has 0 atom stereocenters. The van der Waals surface area contributed by atoms with E-state index in [-0.39, 0.29) is 11.5 Å². The van der Waals surface area contributed by atoms with Crippen molar-refractivity contribution in [3.8, 4) is 16.9 Å². The van der Waals surface area contributed by atoms with Gasteiger partial charge in [-0.2, -0.15) is 0 Å². The Morgan fingerprint density at radius 2 is 1.45 bits per heavy atom. The summed E-state index contributed by atoms with van der Waals surface area (Å²) in [6.07, 6.45) is 4.35. The zero-order valence-corrected chi connectivity index (χ0v) is 17.4. The number of benzene rings is 2. The van der Waals surface area contributed by atoms with Crippen LogP contribution in [0.5, 0.6) is 5.75 Å². The molecule has 7 heteroatoms. The van der Waals surface area contributed by atoms with Crippen LogP contribution in [0.2, 0.25) is 0 Å². The molecule has 0 N–H and O–H groups in total. The average Bonchev–Trinajstić information content (AvgIpc) is 2.71. The smallest absolute Gasteiger partial charge is 0.272 e. The van der Waals surface area contributed by atoms with E-state index >= 15 is 0 Å². The maximum absolute atomic E-state index is 14.8. The van der Waals surface area contributed by atoms with E-state index in [0.29, 0.717) is 23.6 Å². The maximum Gasteiger partial charge on any atom is 0.272 e. The van der Waals surface area contributed by atoms with Gasteiger partial charge in [0, 0.05) is 0 Å². The highest BCUT2D eigenvalue weighted by Gasteiger charge is 2.25. The fourth-order valence-electron chi connectivity index (χ4n) is 4.37. The lowest BCUT2D eigenvalue weighted by molar-refractivity contribution is 0.0777. The molecule has 0 heterocycles. The molecule has 2 aromatic rings. The van der Waals surface area contributed by atoms with Gasteiger partial charge in [-0.3, -0.25) is 0 Å². The molecule has 0 bridgehead atoms. The predicted octanol–water partition coefficient (Wildman–Crippen LogP) is 8.02. The second-order valence-corrected chi connectivity index (χ2v) is 8.19. The van der Waals surface area contributed by atoms with Crippen LogP contribution in [-0.4, -0.2) is 13.0 Å². The zero-order valence-electron chi connectivity index (χ0n) is 17.4. The van der Waals surface area contributed by atoms with Crippen LogP contribution < -0.4 is 4.74 Å². The summed E-state index contributed by atoms with van der Waals surface area (Å²) in [5.74, 6) is -4.73. The van der Waals surface area contributed by atoms with Crippen molar-refractivity contribution in [3.05, 3.63) is 53.1 Å². The van der Waals surface area contributed by atoms with E-state index in [2.05, 4.69) is 11.7 Å². The summed E-state index contributed by atoms with van der Waals surface area (Å²) in [7, 11) is 0. The standard InChI is InChI=1S/C24H26F6O/c1-2-3-4-14-5-7-15(8-6-14)16-9-18(25)23(19(26)10-16)17-11-20(27)24(21(28)12-17)31-13-22(29)30/h9-12,14-15,22H,2-8,13H2,1H3/t14-,15-. The molecule has 1 fully saturated rings. The summed E-state index contributed by atoms with van der Waals surface area (Å²) < 4.78 is 86.8. The lowest BCUT2D eigenvalue weighted by Gasteiger charge is -2.29. The third-order valence-corrected chi connectivity index (χ3v) is 5.99. The summed E-state index contributed by atoms with van der Waals surface area (Å²) in [6, 6.07) is 3.83. The number of alkyl halides is 2. The molecular formula is C24H26F6O. The third-order valence-electron chi connectivity index (χ3n) is 5.99. The number of ether oxygens (including phenoxy) is 1. The molecule has 3 rings (SSSR count). The summed E-state index contributed by atoms with van der Waals surface area (Å²) >= 11 is 0. The Labute approximate surface area is 178 Å². The molecule has 0 amide bonds. The summed E-state index contributed by atoms with van der Waals surface area (Å²) in [4.78, 5) is 0. The van der Waals surface area contributed by atoms with E-state index in [1.165, 1.54) is 25.0 Å². The van der Waals surface area contributed by atoms with Crippen molar-refractivity contribution in [2.45, 2.75) is 64.2 Å². The molecule has 0 unspecified atom stereocenters. The van der Waals surface area contributed by atoms with E-state index in [9.17, 15) is 26.3 Å². The molecule has 2 aromatic carbocycles. The molecule has 1 saturated carbocycles. The molecule has 170 valence electrons. The van der Waals surface area contributed by atoms with Gasteiger partial charge in [0.15, 0.2) is 17.4 Å². The van der Waals surface area contributed by atoms with Crippen molar-refractivity contribution in [2.24, 2.45) is 5.92 Å². The zero-order chi connectivity index (χ0) is 22.5. The van der Waals surface area contributed by atoms with Crippen molar-refractivity contribution in [3.63, 3.8) is 0 Å². The van der Waals surface area contributed by atoms with Gasteiger partial charge in [-0.05, 0) is 72.9 Å². The van der Waals surface area contributed by atoms with Crippen LogP contribution in [0.25, 0.3) is 11.1 Å². The molecular weight excluding hydrogens is 418 g/mol. The number of halogens is 6. The molecule has 0 aliphatic heterocycles. The Bertz CT molecular complexity index is 844. The van der Waals surface area contributed by atoms with Gasteiger partial charge in [-0.15, -0.1) is 0 Å². The minimum atomic E-state index is -2.91. The first-order chi connectivity index (χ1) is 14.8. The normalized spacial score (nSPS) is 19.1. The Balaban J connectivity index is 1.80. The molecule has 1 nitrogen and oxygen atoms in total. The van der Waals surface area contributed by atoms with Gasteiger partial charge in [0.1, 0.15) is 18.2 Å². The molecule has 0 aromatic heterocycles. The van der Waals surface area contributed by atoms with Gasteiger partial charge in [-0.1, -0.05) is 26.2 Å². The SMILES string of the molecule is CCCC[C@H]1CC[C@H](c2cc(F)c(-c3cc(F)c(OCC(F)F)c(F)c3)c(F)c2)CC1. The molecule has 31 heavy (non-hydrogen) atoms. The Morgan fingerprint density at radius 1 is 0.871 bits per heavy atom. The van der Waals surface area contributed by atoms with E-state index in [1.54, 1.807) is 0 Å². The highest BCUT2D eigenvalue weighted by Crippen LogP contribution is 2.40. The first kappa shape index (κ1) is 23.5. The largest absolute Gasteiger partial charge is 0.482 e. The summed E-state index contributed by atoms with van der Waals surface area (Å²) in [6.45, 7) is 0.964. The fraction of sp³-hybridized carbons (Fsp3) is 0.500. The number of rotatable bonds is 8. The highest BCUT2D eigenvalue weighted by atomic mass is 19.3. The Morgan fingerprint density at radius 3 is 1.97 bits per heavy atom. The van der Waals surface area contributed by atoms with Crippen LogP contribution in [0.1, 0.15) is 63.4 Å². The lowest BCUT2D eigenvalue weighted by Crippen LogP contribution is -2.14. The van der Waals surface area contributed by atoms with Crippen molar-refractivity contribution in [1.29, 1.82) is 0 Å². The van der Waals surface area contributed by atoms with Crippen LogP contribution in [0, 0.1) is 29.2 Å². The molecule has 0 spiro atoms. The van der Waals surface area contributed by atoms with Gasteiger partial charge in [0.05, 0.1) is 5.56 Å². The minimum absolute atomic E-state index is 0.0505. The van der Waals surface area contributed by atoms with Crippen LogP contribution in [0.15, 0.2) is 24.3 Å². The summed E-state index contributed by atoms with van der Waals surface area (Å²) in [5.41, 5.74) is -0.367. The number of hydrogen-bond acceptors (Lipinski definition) is 1. The van der Waals surface area contributed by atoms with Crippen molar-refractivity contribution >= 4 is 0 Å². The number of hydrogen-bond donors (Lipinski definition) is 0. The molecule has 1 aliphatic carbocycles. The second-order valence-electron chi connectivity index (χ2n) is 8.19. The Kier molecular flexibility index (Phi) is 7.89. The third kappa shape index (κ3) is 5.74. The van der Waals surface area contributed by atoms with Gasteiger partial charge >= 0.3 is 0 Å². The van der Waals surface area contributed by atoms with Crippen LogP contribution in [0.4, 0.5) is 26.3 Å². The van der Waals surface area contributed by atoms with Crippen molar-refractivity contribution < 1.29 is 31.1 Å². The van der Waals surface area contributed by atoms with Gasteiger partial charge in [0.25, 0.3) is 6.43 Å². The van der Waals surface area contributed by atoms with Crippen LogP contribution in [0.3, 0.4) is 0 Å². The number of unbranched alkanes of at least 4 members (excludes halogenated alkanes) is 1. The first-order valence-corrected chi connectivity index (χ1v) is 10.7.